The lowest BCUT2D eigenvalue weighted by atomic mass is 9.85. The third kappa shape index (κ3) is 3.06. The van der Waals surface area contributed by atoms with Gasteiger partial charge in [-0.05, 0) is 48.1 Å². The van der Waals surface area contributed by atoms with E-state index in [1.54, 1.807) is 4.88 Å². The largest absolute Gasteiger partial charge is 0.362 e. The molecule has 2 atom stereocenters. The predicted octanol–water partition coefficient (Wildman–Crippen LogP) is 4.62. The van der Waals surface area contributed by atoms with Gasteiger partial charge < -0.3 is 5.32 Å². The Morgan fingerprint density at radius 1 is 1.30 bits per heavy atom. The predicted molar refractivity (Wildman–Crippen MR) is 90.9 cm³/mol. The molecule has 2 heterocycles. The van der Waals surface area contributed by atoms with Gasteiger partial charge in [-0.1, -0.05) is 32.5 Å². The van der Waals surface area contributed by atoms with Crippen LogP contribution < -0.4 is 5.32 Å². The Kier molecular flexibility index (Phi) is 4.14. The normalized spacial score (nSPS) is 29.1. The zero-order chi connectivity index (χ0) is 14.2. The van der Waals surface area contributed by atoms with Gasteiger partial charge in [-0.3, -0.25) is 4.99 Å². The molecule has 0 bridgehead atoms. The Bertz CT molecular complexity index is 499. The zero-order valence-electron chi connectivity index (χ0n) is 12.6. The molecule has 20 heavy (non-hydrogen) atoms. The maximum Gasteiger partial charge on any atom is 0.157 e. The molecule has 1 saturated heterocycles. The highest BCUT2D eigenvalue weighted by molar-refractivity contribution is 8.13. The number of aliphatic imine (C=N–C) groups is 1. The van der Waals surface area contributed by atoms with Gasteiger partial charge in [-0.25, -0.2) is 0 Å². The number of fused-ring (bicyclic) bond motifs is 1. The number of hydrogen-bond acceptors (Lipinski definition) is 3. The summed E-state index contributed by atoms with van der Waals surface area (Å²) in [4.78, 5) is 6.60. The number of thioether (sulfide) groups is 1. The summed E-state index contributed by atoms with van der Waals surface area (Å²) >= 11 is 3.80. The molecule has 1 aliphatic heterocycles. The molecule has 2 aliphatic rings. The van der Waals surface area contributed by atoms with Crippen LogP contribution in [0, 0.1) is 5.41 Å². The van der Waals surface area contributed by atoms with Gasteiger partial charge in [0.25, 0.3) is 0 Å². The van der Waals surface area contributed by atoms with Gasteiger partial charge in [0.1, 0.15) is 0 Å². The first-order valence-electron chi connectivity index (χ1n) is 7.57. The van der Waals surface area contributed by atoms with Crippen LogP contribution in [0.5, 0.6) is 0 Å². The molecule has 0 aromatic carbocycles. The van der Waals surface area contributed by atoms with Crippen LogP contribution in [-0.2, 0) is 6.42 Å². The number of hydrogen-bond donors (Lipinski definition) is 1. The molecule has 1 aromatic rings. The van der Waals surface area contributed by atoms with E-state index in [-0.39, 0.29) is 0 Å². The molecular weight excluding hydrogens is 284 g/mol. The SMILES string of the molecule is CC(C)(C)C1CCSC(=NC2CCCc3sccc32)N1. The van der Waals surface area contributed by atoms with Crippen molar-refractivity contribution in [2.75, 3.05) is 5.75 Å². The highest BCUT2D eigenvalue weighted by Gasteiger charge is 2.29. The quantitative estimate of drug-likeness (QED) is 0.818. The number of rotatable bonds is 1. The number of nitrogens with zero attached hydrogens (tertiary/aromatic N) is 1. The molecule has 0 radical (unpaired) electrons. The first-order chi connectivity index (χ1) is 9.54. The van der Waals surface area contributed by atoms with E-state index >= 15 is 0 Å². The Labute approximate surface area is 130 Å². The fourth-order valence-electron chi connectivity index (χ4n) is 3.00. The van der Waals surface area contributed by atoms with E-state index in [4.69, 9.17) is 4.99 Å². The van der Waals surface area contributed by atoms with E-state index in [0.29, 0.717) is 17.5 Å². The minimum atomic E-state index is 0.307. The first kappa shape index (κ1) is 14.5. The van der Waals surface area contributed by atoms with Crippen molar-refractivity contribution in [1.29, 1.82) is 0 Å². The summed E-state index contributed by atoms with van der Waals surface area (Å²) in [5.74, 6) is 1.19. The summed E-state index contributed by atoms with van der Waals surface area (Å²) in [7, 11) is 0. The third-order valence-electron chi connectivity index (χ3n) is 4.28. The summed E-state index contributed by atoms with van der Waals surface area (Å²) in [6, 6.07) is 3.22. The van der Waals surface area contributed by atoms with Crippen molar-refractivity contribution in [3.05, 3.63) is 21.9 Å². The van der Waals surface area contributed by atoms with Crippen LogP contribution in [0.1, 0.15) is 56.5 Å². The smallest absolute Gasteiger partial charge is 0.157 e. The molecule has 0 amide bonds. The third-order valence-corrected chi connectivity index (χ3v) is 6.21. The first-order valence-corrected chi connectivity index (χ1v) is 9.44. The van der Waals surface area contributed by atoms with Gasteiger partial charge in [-0.2, -0.15) is 0 Å². The number of nitrogens with one attached hydrogen (secondary N) is 1. The van der Waals surface area contributed by atoms with Crippen LogP contribution >= 0.6 is 23.1 Å². The van der Waals surface area contributed by atoms with Gasteiger partial charge in [-0.15, -0.1) is 11.3 Å². The monoisotopic (exact) mass is 308 g/mol. The van der Waals surface area contributed by atoms with Crippen molar-refractivity contribution >= 4 is 28.3 Å². The average molecular weight is 309 g/mol. The molecule has 2 unspecified atom stereocenters. The van der Waals surface area contributed by atoms with Gasteiger partial charge >= 0.3 is 0 Å². The summed E-state index contributed by atoms with van der Waals surface area (Å²) in [6.07, 6.45) is 4.97. The fraction of sp³-hybridized carbons (Fsp3) is 0.688. The van der Waals surface area contributed by atoms with Crippen LogP contribution in [0.3, 0.4) is 0 Å². The van der Waals surface area contributed by atoms with E-state index < -0.39 is 0 Å². The topological polar surface area (TPSA) is 24.4 Å². The minimum absolute atomic E-state index is 0.307. The molecular formula is C16H24N2S2. The average Bonchev–Trinajstić information content (AvgIpc) is 2.87. The molecule has 1 aliphatic carbocycles. The highest BCUT2D eigenvalue weighted by atomic mass is 32.2. The summed E-state index contributed by atoms with van der Waals surface area (Å²) < 4.78 is 0. The molecule has 3 rings (SSSR count). The lowest BCUT2D eigenvalue weighted by molar-refractivity contribution is 0.290. The summed E-state index contributed by atoms with van der Waals surface area (Å²) in [6.45, 7) is 6.95. The maximum atomic E-state index is 5.05. The molecule has 4 heteroatoms. The number of thiophene rings is 1. The van der Waals surface area contributed by atoms with Gasteiger partial charge in [0, 0.05) is 16.7 Å². The van der Waals surface area contributed by atoms with E-state index in [9.17, 15) is 0 Å². The summed E-state index contributed by atoms with van der Waals surface area (Å²) in [5, 5.41) is 7.07. The van der Waals surface area contributed by atoms with Crippen LogP contribution in [0.15, 0.2) is 16.4 Å². The van der Waals surface area contributed by atoms with E-state index in [1.807, 2.05) is 23.1 Å². The maximum absolute atomic E-state index is 5.05. The summed E-state index contributed by atoms with van der Waals surface area (Å²) in [5.41, 5.74) is 1.79. The molecule has 0 saturated carbocycles. The second-order valence-corrected chi connectivity index (χ2v) is 8.93. The van der Waals surface area contributed by atoms with Crippen molar-refractivity contribution in [2.24, 2.45) is 10.4 Å². The molecule has 1 fully saturated rings. The Balaban J connectivity index is 1.76. The van der Waals surface area contributed by atoms with E-state index in [2.05, 4.69) is 37.5 Å². The van der Waals surface area contributed by atoms with Crippen molar-refractivity contribution < 1.29 is 0 Å². The van der Waals surface area contributed by atoms with Crippen molar-refractivity contribution in [3.8, 4) is 0 Å². The van der Waals surface area contributed by atoms with Crippen LogP contribution in [0.2, 0.25) is 0 Å². The van der Waals surface area contributed by atoms with Gasteiger partial charge in [0.15, 0.2) is 5.17 Å². The zero-order valence-corrected chi connectivity index (χ0v) is 14.2. The lowest BCUT2D eigenvalue weighted by Crippen LogP contribution is -2.46. The minimum Gasteiger partial charge on any atom is -0.362 e. The molecule has 1 N–H and O–H groups in total. The highest BCUT2D eigenvalue weighted by Crippen LogP contribution is 2.37. The van der Waals surface area contributed by atoms with Crippen LogP contribution in [0.4, 0.5) is 0 Å². The number of aryl methyl sites for hydroxylation is 1. The molecule has 110 valence electrons. The van der Waals surface area contributed by atoms with Crippen molar-refractivity contribution in [3.63, 3.8) is 0 Å². The second-order valence-electron chi connectivity index (χ2n) is 6.84. The van der Waals surface area contributed by atoms with Crippen molar-refractivity contribution in [1.82, 2.24) is 5.32 Å². The van der Waals surface area contributed by atoms with Crippen molar-refractivity contribution in [2.45, 2.75) is 58.5 Å². The van der Waals surface area contributed by atoms with Crippen LogP contribution in [-0.4, -0.2) is 17.0 Å². The lowest BCUT2D eigenvalue weighted by Gasteiger charge is -2.36. The standard InChI is InChI=1S/C16H24N2S2/c1-16(2,3)14-8-10-20-15(18-14)17-12-5-4-6-13-11(12)7-9-19-13/h7,9,12,14H,4-6,8,10H2,1-3H3,(H,17,18). The number of amidine groups is 1. The fourth-order valence-corrected chi connectivity index (χ4v) is 4.95. The van der Waals surface area contributed by atoms with Gasteiger partial charge in [0.2, 0.25) is 0 Å². The molecule has 2 nitrogen and oxygen atoms in total. The molecule has 1 aromatic heterocycles. The molecule has 0 spiro atoms. The Hall–Kier alpha value is -0.480. The van der Waals surface area contributed by atoms with E-state index in [0.717, 1.165) is 0 Å². The van der Waals surface area contributed by atoms with E-state index in [1.165, 1.54) is 42.2 Å². The second kappa shape index (κ2) is 5.72. The van der Waals surface area contributed by atoms with Gasteiger partial charge in [0.05, 0.1) is 6.04 Å². The Morgan fingerprint density at radius 3 is 2.95 bits per heavy atom. The van der Waals surface area contributed by atoms with Crippen LogP contribution in [0.25, 0.3) is 0 Å². The Morgan fingerprint density at radius 2 is 2.15 bits per heavy atom.